The van der Waals surface area contributed by atoms with Crippen molar-refractivity contribution in [3.8, 4) is 0 Å². The molecule has 1 aromatic rings. The van der Waals surface area contributed by atoms with E-state index in [1.54, 1.807) is 6.92 Å². The Morgan fingerprint density at radius 1 is 1.44 bits per heavy atom. The Labute approximate surface area is 99.6 Å². The number of aliphatic hydroxyl groups excluding tert-OH is 1. The summed E-state index contributed by atoms with van der Waals surface area (Å²) in [4.78, 5) is 0. The second-order valence-corrected chi connectivity index (χ2v) is 4.28. The van der Waals surface area contributed by atoms with E-state index in [0.717, 1.165) is 6.07 Å². The lowest BCUT2D eigenvalue weighted by molar-refractivity contribution is -0.138. The van der Waals surface area contributed by atoms with Crippen molar-refractivity contribution in [3.05, 3.63) is 28.2 Å². The minimum atomic E-state index is -4.39. The van der Waals surface area contributed by atoms with Gasteiger partial charge in [-0.25, -0.2) is 0 Å². The fraction of sp³-hybridized carbons (Fsp3) is 0.400. The van der Waals surface area contributed by atoms with Crippen LogP contribution in [0.1, 0.15) is 12.5 Å². The van der Waals surface area contributed by atoms with Crippen LogP contribution in [0.2, 0.25) is 0 Å². The van der Waals surface area contributed by atoms with E-state index in [4.69, 9.17) is 5.11 Å². The summed E-state index contributed by atoms with van der Waals surface area (Å²) < 4.78 is 37.6. The van der Waals surface area contributed by atoms with Crippen LogP contribution < -0.4 is 5.32 Å². The molecule has 1 aromatic carbocycles. The predicted octanol–water partition coefficient (Wildman–Crippen LogP) is 3.26. The first-order chi connectivity index (χ1) is 7.30. The van der Waals surface area contributed by atoms with Gasteiger partial charge in [-0.15, -0.1) is 0 Å². The number of hydrogen-bond acceptors (Lipinski definition) is 2. The van der Waals surface area contributed by atoms with Crippen molar-refractivity contribution in [2.75, 3.05) is 11.9 Å². The smallest absolute Gasteiger partial charge is 0.392 e. The molecular formula is C10H11BrF3NO. The highest BCUT2D eigenvalue weighted by Gasteiger charge is 2.33. The molecule has 0 aromatic heterocycles. The van der Waals surface area contributed by atoms with E-state index >= 15 is 0 Å². The molecule has 0 unspecified atom stereocenters. The highest BCUT2D eigenvalue weighted by Crippen LogP contribution is 2.36. The van der Waals surface area contributed by atoms with Crippen LogP contribution >= 0.6 is 15.9 Å². The van der Waals surface area contributed by atoms with Crippen LogP contribution in [-0.4, -0.2) is 17.8 Å². The van der Waals surface area contributed by atoms with Gasteiger partial charge in [0.2, 0.25) is 0 Å². The molecule has 1 rings (SSSR count). The summed E-state index contributed by atoms with van der Waals surface area (Å²) in [6.07, 6.45) is -5.00. The summed E-state index contributed by atoms with van der Waals surface area (Å²) >= 11 is 2.85. The lowest BCUT2D eigenvalue weighted by atomic mass is 10.2. The zero-order chi connectivity index (χ0) is 12.3. The Bertz CT molecular complexity index is 366. The molecule has 2 nitrogen and oxygen atoms in total. The lowest BCUT2D eigenvalue weighted by Gasteiger charge is -2.13. The van der Waals surface area contributed by atoms with Crippen LogP contribution in [0, 0.1) is 0 Å². The third-order valence-electron chi connectivity index (χ3n) is 1.87. The zero-order valence-corrected chi connectivity index (χ0v) is 10.1. The first-order valence-electron chi connectivity index (χ1n) is 4.59. The number of hydrogen-bond donors (Lipinski definition) is 2. The van der Waals surface area contributed by atoms with Crippen molar-refractivity contribution in [1.82, 2.24) is 0 Å². The zero-order valence-electron chi connectivity index (χ0n) is 8.48. The summed E-state index contributed by atoms with van der Waals surface area (Å²) in [5, 5.41) is 11.7. The fourth-order valence-corrected chi connectivity index (χ4v) is 1.59. The highest BCUT2D eigenvalue weighted by molar-refractivity contribution is 9.10. The summed E-state index contributed by atoms with van der Waals surface area (Å²) in [5.41, 5.74) is -0.403. The number of alkyl halides is 3. The quantitative estimate of drug-likeness (QED) is 0.897. The molecule has 0 radical (unpaired) electrons. The Morgan fingerprint density at radius 2 is 2.06 bits per heavy atom. The minimum absolute atomic E-state index is 0.00240. The van der Waals surface area contributed by atoms with Gasteiger partial charge in [0.15, 0.2) is 0 Å². The van der Waals surface area contributed by atoms with Crippen molar-refractivity contribution in [1.29, 1.82) is 0 Å². The van der Waals surface area contributed by atoms with E-state index in [9.17, 15) is 13.2 Å². The topological polar surface area (TPSA) is 32.3 Å². The normalized spacial score (nSPS) is 13.6. The molecule has 6 heteroatoms. The number of benzene rings is 1. The molecule has 0 aliphatic carbocycles. The van der Waals surface area contributed by atoms with Gasteiger partial charge in [0.05, 0.1) is 11.7 Å². The van der Waals surface area contributed by atoms with Gasteiger partial charge in [-0.2, -0.15) is 13.2 Å². The van der Waals surface area contributed by atoms with Gasteiger partial charge in [0, 0.05) is 16.7 Å². The van der Waals surface area contributed by atoms with Gasteiger partial charge in [0.1, 0.15) is 0 Å². The van der Waals surface area contributed by atoms with Crippen LogP contribution in [0.5, 0.6) is 0 Å². The molecule has 0 spiro atoms. The van der Waals surface area contributed by atoms with E-state index in [0.29, 0.717) is 5.69 Å². The molecule has 0 heterocycles. The lowest BCUT2D eigenvalue weighted by Crippen LogP contribution is -2.16. The maximum absolute atomic E-state index is 12.5. The van der Waals surface area contributed by atoms with Crippen molar-refractivity contribution >= 4 is 21.6 Å². The van der Waals surface area contributed by atoms with Gasteiger partial charge < -0.3 is 10.4 Å². The number of anilines is 1. The molecule has 0 bridgehead atoms. The second kappa shape index (κ2) is 5.05. The van der Waals surface area contributed by atoms with Gasteiger partial charge >= 0.3 is 6.18 Å². The SMILES string of the molecule is C[C@H](O)CNc1ccc(Br)c(C(F)(F)F)c1. The Kier molecular flexibility index (Phi) is 4.21. The molecule has 0 aliphatic rings. The number of halogens is 4. The van der Waals surface area contributed by atoms with Gasteiger partial charge in [0.25, 0.3) is 0 Å². The molecule has 90 valence electrons. The van der Waals surface area contributed by atoms with Crippen LogP contribution in [0.3, 0.4) is 0 Å². The van der Waals surface area contributed by atoms with Gasteiger partial charge in [-0.1, -0.05) is 15.9 Å². The molecule has 0 amide bonds. The van der Waals surface area contributed by atoms with Crippen molar-refractivity contribution < 1.29 is 18.3 Å². The molecule has 0 aliphatic heterocycles. The van der Waals surface area contributed by atoms with Gasteiger partial charge in [-0.3, -0.25) is 0 Å². The summed E-state index contributed by atoms with van der Waals surface area (Å²) in [6.45, 7) is 1.76. The van der Waals surface area contributed by atoms with Crippen molar-refractivity contribution in [2.24, 2.45) is 0 Å². The first-order valence-corrected chi connectivity index (χ1v) is 5.38. The minimum Gasteiger partial charge on any atom is -0.392 e. The van der Waals surface area contributed by atoms with Crippen molar-refractivity contribution in [3.63, 3.8) is 0 Å². The molecule has 0 fully saturated rings. The molecular weight excluding hydrogens is 287 g/mol. The van der Waals surface area contributed by atoms with E-state index < -0.39 is 17.8 Å². The van der Waals surface area contributed by atoms with Crippen LogP contribution in [0.4, 0.5) is 18.9 Å². The number of nitrogens with one attached hydrogen (secondary N) is 1. The van der Waals surface area contributed by atoms with Crippen LogP contribution in [-0.2, 0) is 6.18 Å². The molecule has 0 saturated carbocycles. The Morgan fingerprint density at radius 3 is 2.56 bits per heavy atom. The van der Waals surface area contributed by atoms with Crippen LogP contribution in [0.15, 0.2) is 22.7 Å². The van der Waals surface area contributed by atoms with E-state index in [1.165, 1.54) is 12.1 Å². The Balaban J connectivity index is 2.90. The van der Waals surface area contributed by atoms with E-state index in [1.807, 2.05) is 0 Å². The van der Waals surface area contributed by atoms with Crippen LogP contribution in [0.25, 0.3) is 0 Å². The standard InChI is InChI=1S/C10H11BrF3NO/c1-6(16)5-15-7-2-3-9(11)8(4-7)10(12,13)14/h2-4,6,15-16H,5H2,1H3/t6-/m0/s1. The Hall–Kier alpha value is -0.750. The number of aliphatic hydroxyl groups is 1. The third kappa shape index (κ3) is 3.68. The predicted molar refractivity (Wildman–Crippen MR) is 59.3 cm³/mol. The molecule has 2 N–H and O–H groups in total. The van der Waals surface area contributed by atoms with E-state index in [-0.39, 0.29) is 11.0 Å². The third-order valence-corrected chi connectivity index (χ3v) is 2.56. The first kappa shape index (κ1) is 13.3. The highest BCUT2D eigenvalue weighted by atomic mass is 79.9. The molecule has 1 atom stereocenters. The average Bonchev–Trinajstić information content (AvgIpc) is 2.14. The number of rotatable bonds is 3. The van der Waals surface area contributed by atoms with Gasteiger partial charge in [-0.05, 0) is 25.1 Å². The van der Waals surface area contributed by atoms with E-state index in [2.05, 4.69) is 21.2 Å². The molecule has 0 saturated heterocycles. The maximum atomic E-state index is 12.5. The van der Waals surface area contributed by atoms with Crippen molar-refractivity contribution in [2.45, 2.75) is 19.2 Å². The maximum Gasteiger partial charge on any atom is 0.417 e. The monoisotopic (exact) mass is 297 g/mol. The molecule has 16 heavy (non-hydrogen) atoms. The summed E-state index contributed by atoms with van der Waals surface area (Å²) in [6, 6.07) is 3.85. The summed E-state index contributed by atoms with van der Waals surface area (Å²) in [7, 11) is 0. The average molecular weight is 298 g/mol. The summed E-state index contributed by atoms with van der Waals surface area (Å²) in [5.74, 6) is 0. The fourth-order valence-electron chi connectivity index (χ4n) is 1.12. The second-order valence-electron chi connectivity index (χ2n) is 3.42. The largest absolute Gasteiger partial charge is 0.417 e.